The summed E-state index contributed by atoms with van der Waals surface area (Å²) >= 11 is 0. The molecule has 1 amide bonds. The maximum Gasteiger partial charge on any atom is 0.262 e. The number of amides is 1. The van der Waals surface area contributed by atoms with Gasteiger partial charge in [0.25, 0.3) is 5.91 Å². The summed E-state index contributed by atoms with van der Waals surface area (Å²) in [6.45, 7) is 2.14. The van der Waals surface area contributed by atoms with Crippen LogP contribution < -0.4 is 14.8 Å². The van der Waals surface area contributed by atoms with E-state index in [1.807, 2.05) is 49.4 Å². The fraction of sp³-hybridized carbons (Fsp3) is 0.120. The highest BCUT2D eigenvalue weighted by Crippen LogP contribution is 2.39. The number of allylic oxidation sites excluding steroid dienone is 2. The molecule has 1 N–H and O–H groups in total. The summed E-state index contributed by atoms with van der Waals surface area (Å²) in [5.41, 5.74) is 3.01. The van der Waals surface area contributed by atoms with Crippen molar-refractivity contribution in [2.75, 3.05) is 7.11 Å². The van der Waals surface area contributed by atoms with Crippen molar-refractivity contribution in [1.82, 2.24) is 5.32 Å². The lowest BCUT2D eigenvalue weighted by Crippen LogP contribution is -2.25. The van der Waals surface area contributed by atoms with Crippen LogP contribution in [0, 0.1) is 18.3 Å². The number of methoxy groups -OCH3 is 1. The molecule has 0 unspecified atom stereocenters. The van der Waals surface area contributed by atoms with E-state index in [4.69, 9.17) is 13.9 Å². The number of rotatable bonds is 5. The van der Waals surface area contributed by atoms with Crippen molar-refractivity contribution in [2.24, 2.45) is 0 Å². The molecule has 2 aromatic carbocycles. The third kappa shape index (κ3) is 4.21. The molecule has 6 heteroatoms. The van der Waals surface area contributed by atoms with Crippen molar-refractivity contribution >= 4 is 17.2 Å². The zero-order valence-electron chi connectivity index (χ0n) is 17.1. The molecule has 0 spiro atoms. The van der Waals surface area contributed by atoms with Gasteiger partial charge in [0.05, 0.1) is 19.9 Å². The van der Waals surface area contributed by atoms with E-state index in [-0.39, 0.29) is 12.1 Å². The number of benzene rings is 2. The second-order valence-corrected chi connectivity index (χ2v) is 7.00. The molecule has 154 valence electrons. The van der Waals surface area contributed by atoms with E-state index >= 15 is 0 Å². The van der Waals surface area contributed by atoms with Crippen LogP contribution in [-0.4, -0.2) is 13.0 Å². The topological polar surface area (TPSA) is 84.5 Å². The summed E-state index contributed by atoms with van der Waals surface area (Å²) in [5, 5.41) is 12.6. The predicted molar refractivity (Wildman–Crippen MR) is 116 cm³/mol. The first-order valence-corrected chi connectivity index (χ1v) is 9.69. The van der Waals surface area contributed by atoms with Gasteiger partial charge in [-0.2, -0.15) is 5.26 Å². The molecule has 2 heterocycles. The molecular weight excluding hydrogens is 392 g/mol. The fourth-order valence-corrected chi connectivity index (χ4v) is 3.31. The van der Waals surface area contributed by atoms with Gasteiger partial charge in [0, 0.05) is 16.7 Å². The zero-order valence-corrected chi connectivity index (χ0v) is 17.1. The van der Waals surface area contributed by atoms with Crippen molar-refractivity contribution in [3.8, 4) is 17.6 Å². The van der Waals surface area contributed by atoms with Gasteiger partial charge in [0.1, 0.15) is 34.7 Å². The van der Waals surface area contributed by atoms with Crippen LogP contribution in [0.25, 0.3) is 11.3 Å². The lowest BCUT2D eigenvalue weighted by atomic mass is 9.93. The molecule has 0 bridgehead atoms. The Kier molecular flexibility index (Phi) is 5.59. The molecule has 0 fully saturated rings. The monoisotopic (exact) mass is 412 g/mol. The molecule has 31 heavy (non-hydrogen) atoms. The van der Waals surface area contributed by atoms with Gasteiger partial charge in [-0.15, -0.1) is 0 Å². The van der Waals surface area contributed by atoms with Crippen LogP contribution in [0.4, 0.5) is 0 Å². The molecule has 1 aromatic heterocycles. The molecule has 0 saturated heterocycles. The molecule has 6 nitrogen and oxygen atoms in total. The number of ether oxygens (including phenoxy) is 2. The highest BCUT2D eigenvalue weighted by atomic mass is 16.5. The van der Waals surface area contributed by atoms with Crippen LogP contribution in [0.3, 0.4) is 0 Å². The van der Waals surface area contributed by atoms with E-state index in [1.165, 1.54) is 6.26 Å². The van der Waals surface area contributed by atoms with E-state index < -0.39 is 5.91 Å². The van der Waals surface area contributed by atoms with E-state index in [0.717, 1.165) is 16.9 Å². The smallest absolute Gasteiger partial charge is 0.262 e. The quantitative estimate of drug-likeness (QED) is 0.488. The Morgan fingerprint density at radius 2 is 1.97 bits per heavy atom. The molecule has 3 aromatic rings. The highest BCUT2D eigenvalue weighted by Gasteiger charge is 2.24. The Balaban J connectivity index is 1.77. The zero-order chi connectivity index (χ0) is 21.8. The number of hydrogen-bond donors (Lipinski definition) is 1. The number of nitrogens with zero attached hydrogens (tertiary/aromatic N) is 1. The minimum Gasteiger partial charge on any atom is -0.497 e. The van der Waals surface area contributed by atoms with Gasteiger partial charge in [0.2, 0.25) is 0 Å². The lowest BCUT2D eigenvalue weighted by molar-refractivity contribution is -0.117. The summed E-state index contributed by atoms with van der Waals surface area (Å²) in [4.78, 5) is 12.9. The van der Waals surface area contributed by atoms with Crippen LogP contribution in [0.2, 0.25) is 0 Å². The third-order valence-electron chi connectivity index (χ3n) is 4.91. The summed E-state index contributed by atoms with van der Waals surface area (Å²) < 4.78 is 16.6. The molecule has 4 rings (SSSR count). The first-order valence-electron chi connectivity index (χ1n) is 9.69. The standard InChI is InChI=1S/C25H20N2O4/c1-16-5-10-23-21(12-16)20(13-24(31-23)17-6-8-18(29-2)9-7-17)22(14-26)25(28)27-15-19-4-3-11-30-19/h3-13H,15H2,1-2H3,(H,27,28)/b22-20-. The summed E-state index contributed by atoms with van der Waals surface area (Å²) in [7, 11) is 1.60. The van der Waals surface area contributed by atoms with E-state index in [9.17, 15) is 10.1 Å². The van der Waals surface area contributed by atoms with Crippen molar-refractivity contribution in [2.45, 2.75) is 13.5 Å². The number of aryl methyl sites for hydroxylation is 1. The second-order valence-electron chi connectivity index (χ2n) is 7.00. The molecular formula is C25H20N2O4. The van der Waals surface area contributed by atoms with Crippen LogP contribution in [-0.2, 0) is 11.3 Å². The van der Waals surface area contributed by atoms with Crippen LogP contribution in [0.15, 0.2) is 76.9 Å². The van der Waals surface area contributed by atoms with Crippen molar-refractivity contribution in [1.29, 1.82) is 5.26 Å². The Labute approximate surface area is 180 Å². The number of nitriles is 1. The number of furan rings is 1. The predicted octanol–water partition coefficient (Wildman–Crippen LogP) is 4.62. The average Bonchev–Trinajstić information content (AvgIpc) is 3.32. The highest BCUT2D eigenvalue weighted by molar-refractivity contribution is 6.09. The SMILES string of the molecule is COc1ccc(C2=C/C(=C(\C#N)C(=O)NCc3ccco3)c3cc(C)ccc3O2)cc1. The van der Waals surface area contributed by atoms with Crippen LogP contribution in [0.5, 0.6) is 11.5 Å². The summed E-state index contributed by atoms with van der Waals surface area (Å²) in [6.07, 6.45) is 3.27. The van der Waals surface area contributed by atoms with Gasteiger partial charge in [-0.05, 0) is 61.5 Å². The molecule has 1 aliphatic heterocycles. The third-order valence-corrected chi connectivity index (χ3v) is 4.91. The van der Waals surface area contributed by atoms with Gasteiger partial charge in [0.15, 0.2) is 0 Å². The second kappa shape index (κ2) is 8.64. The van der Waals surface area contributed by atoms with E-state index in [1.54, 1.807) is 25.3 Å². The number of carbonyl (C=O) groups excluding carboxylic acids is 1. The van der Waals surface area contributed by atoms with Gasteiger partial charge in [-0.3, -0.25) is 4.79 Å². The summed E-state index contributed by atoms with van der Waals surface area (Å²) in [5.74, 6) is 1.98. The Bertz CT molecular complexity index is 1210. The van der Waals surface area contributed by atoms with Crippen molar-refractivity contribution in [3.63, 3.8) is 0 Å². The molecule has 0 radical (unpaired) electrons. The number of hydrogen-bond acceptors (Lipinski definition) is 5. The van der Waals surface area contributed by atoms with Gasteiger partial charge in [-0.25, -0.2) is 0 Å². The normalized spacial score (nSPS) is 13.9. The Morgan fingerprint density at radius 3 is 2.65 bits per heavy atom. The number of carbonyl (C=O) groups is 1. The van der Waals surface area contributed by atoms with Gasteiger partial charge >= 0.3 is 0 Å². The Morgan fingerprint density at radius 1 is 1.16 bits per heavy atom. The largest absolute Gasteiger partial charge is 0.497 e. The van der Waals surface area contributed by atoms with Crippen molar-refractivity contribution < 1.29 is 18.7 Å². The lowest BCUT2D eigenvalue weighted by Gasteiger charge is -2.22. The van der Waals surface area contributed by atoms with Crippen LogP contribution >= 0.6 is 0 Å². The van der Waals surface area contributed by atoms with Gasteiger partial charge in [-0.1, -0.05) is 11.6 Å². The Hall–Kier alpha value is -4.24. The molecule has 1 aliphatic rings. The number of nitrogens with one attached hydrogen (secondary N) is 1. The molecule has 0 saturated carbocycles. The molecule has 0 atom stereocenters. The fourth-order valence-electron chi connectivity index (χ4n) is 3.31. The summed E-state index contributed by atoms with van der Waals surface area (Å²) in [6, 6.07) is 18.6. The van der Waals surface area contributed by atoms with E-state index in [2.05, 4.69) is 11.4 Å². The first kappa shape index (κ1) is 20.0. The minimum absolute atomic E-state index is 0.00715. The van der Waals surface area contributed by atoms with E-state index in [0.29, 0.717) is 28.4 Å². The van der Waals surface area contributed by atoms with Crippen molar-refractivity contribution in [3.05, 3.63) is 95.0 Å². The van der Waals surface area contributed by atoms with Gasteiger partial charge < -0.3 is 19.2 Å². The van der Waals surface area contributed by atoms with Crippen LogP contribution in [0.1, 0.15) is 22.5 Å². The maximum absolute atomic E-state index is 12.9. The average molecular weight is 412 g/mol. The molecule has 0 aliphatic carbocycles. The minimum atomic E-state index is -0.478. The number of fused-ring (bicyclic) bond motifs is 1. The first-order chi connectivity index (χ1) is 15.1. The maximum atomic E-state index is 12.9.